The lowest BCUT2D eigenvalue weighted by molar-refractivity contribution is -0.137. The first kappa shape index (κ1) is 19.9. The Bertz CT molecular complexity index is 954. The smallest absolute Gasteiger partial charge is 0.166 e. The van der Waals surface area contributed by atoms with E-state index in [0.29, 0.717) is 9.52 Å². The molecule has 0 N–H and O–H groups in total. The maximum Gasteiger partial charge on any atom is 0.416 e. The summed E-state index contributed by atoms with van der Waals surface area (Å²) in [6, 6.07) is 25.4. The van der Waals surface area contributed by atoms with Gasteiger partial charge in [-0.2, -0.15) is 13.2 Å². The van der Waals surface area contributed by atoms with Gasteiger partial charge >= 0.3 is 6.18 Å². The van der Waals surface area contributed by atoms with Crippen molar-refractivity contribution in [2.75, 3.05) is 0 Å². The minimum absolute atomic E-state index is 0.349. The van der Waals surface area contributed by atoms with Gasteiger partial charge < -0.3 is 0 Å². The van der Waals surface area contributed by atoms with E-state index in [0.717, 1.165) is 39.2 Å². The predicted molar refractivity (Wildman–Crippen MR) is 111 cm³/mol. The zero-order chi connectivity index (χ0) is 20.0. The van der Waals surface area contributed by atoms with E-state index >= 15 is 0 Å². The van der Waals surface area contributed by atoms with Crippen molar-refractivity contribution in [3.8, 4) is 0 Å². The van der Waals surface area contributed by atoms with Gasteiger partial charge in [-0.25, -0.2) is 0 Å². The van der Waals surface area contributed by atoms with Gasteiger partial charge in [-0.05, 0) is 35.8 Å². The molecule has 0 atom stereocenters. The molecule has 0 aromatic heterocycles. The highest BCUT2D eigenvalue weighted by Gasteiger charge is 2.30. The highest BCUT2D eigenvalue weighted by molar-refractivity contribution is 6.73. The average molecular weight is 392 g/mol. The minimum atomic E-state index is -4.33. The summed E-state index contributed by atoms with van der Waals surface area (Å²) >= 11 is 0. The van der Waals surface area contributed by atoms with E-state index < -0.39 is 11.7 Å². The highest BCUT2D eigenvalue weighted by atomic mass is 28.2. The molecule has 0 fully saturated rings. The number of hydrogen-bond acceptors (Lipinski definition) is 0. The van der Waals surface area contributed by atoms with Crippen molar-refractivity contribution in [2.24, 2.45) is 0 Å². The lowest BCUT2D eigenvalue weighted by Crippen LogP contribution is -2.15. The van der Waals surface area contributed by atoms with Crippen molar-refractivity contribution in [1.29, 1.82) is 0 Å². The van der Waals surface area contributed by atoms with Gasteiger partial charge in [-0.1, -0.05) is 95.3 Å². The Hall–Kier alpha value is -2.85. The SMILES string of the molecule is CC(=C/C=C(/[Si]c1ccccc1)c1ccc(C(F)(F)F)cc1)c1ccccc1. The molecule has 0 spiro atoms. The maximum atomic E-state index is 12.9. The van der Waals surface area contributed by atoms with E-state index in [1.165, 1.54) is 0 Å². The monoisotopic (exact) mass is 392 g/mol. The molecule has 0 heterocycles. The zero-order valence-corrected chi connectivity index (χ0v) is 16.4. The Kier molecular flexibility index (Phi) is 6.32. The number of hydrogen-bond donors (Lipinski definition) is 0. The van der Waals surface area contributed by atoms with Crippen molar-refractivity contribution in [1.82, 2.24) is 0 Å². The quantitative estimate of drug-likeness (QED) is 0.359. The third-order valence-electron chi connectivity index (χ3n) is 4.31. The Morgan fingerprint density at radius 3 is 1.86 bits per heavy atom. The van der Waals surface area contributed by atoms with E-state index in [1.54, 1.807) is 12.1 Å². The van der Waals surface area contributed by atoms with Crippen LogP contribution in [0.5, 0.6) is 0 Å². The van der Waals surface area contributed by atoms with Gasteiger partial charge in [0.2, 0.25) is 0 Å². The third kappa shape index (κ3) is 5.33. The van der Waals surface area contributed by atoms with E-state index in [4.69, 9.17) is 0 Å². The number of allylic oxidation sites excluding steroid dienone is 3. The predicted octanol–water partition coefficient (Wildman–Crippen LogP) is 6.18. The third-order valence-corrected chi connectivity index (χ3v) is 5.65. The van der Waals surface area contributed by atoms with Crippen LogP contribution in [0.25, 0.3) is 10.8 Å². The number of benzene rings is 3. The van der Waals surface area contributed by atoms with Gasteiger partial charge in [-0.15, -0.1) is 0 Å². The molecule has 0 aliphatic rings. The average Bonchev–Trinajstić information content (AvgIpc) is 2.72. The molecule has 2 radical (unpaired) electrons. The van der Waals surface area contributed by atoms with Crippen molar-refractivity contribution in [2.45, 2.75) is 13.1 Å². The van der Waals surface area contributed by atoms with Crippen molar-refractivity contribution >= 4 is 25.5 Å². The molecule has 0 bridgehead atoms. The largest absolute Gasteiger partial charge is 0.416 e. The zero-order valence-electron chi connectivity index (χ0n) is 15.4. The van der Waals surface area contributed by atoms with Crippen molar-refractivity contribution in [3.63, 3.8) is 0 Å². The lowest BCUT2D eigenvalue weighted by Gasteiger charge is -2.10. The van der Waals surface area contributed by atoms with Crippen molar-refractivity contribution < 1.29 is 13.2 Å². The van der Waals surface area contributed by atoms with Gasteiger partial charge in [0.1, 0.15) is 9.52 Å². The Morgan fingerprint density at radius 1 is 0.714 bits per heavy atom. The first-order valence-electron chi connectivity index (χ1n) is 8.87. The molecule has 3 rings (SSSR count). The van der Waals surface area contributed by atoms with Gasteiger partial charge in [0, 0.05) is 0 Å². The van der Waals surface area contributed by atoms with Crippen LogP contribution in [0, 0.1) is 0 Å². The fourth-order valence-corrected chi connectivity index (χ4v) is 3.88. The molecule has 0 saturated carbocycles. The standard InChI is InChI=1S/C24H19F3Si/c1-18(19-8-4-2-5-9-19)12-17-23(28-22-10-6-3-7-11-22)20-13-15-21(16-14-20)24(25,26)27/h2-17H,1H3/b18-12?,23-17+. The van der Waals surface area contributed by atoms with Crippen LogP contribution < -0.4 is 5.19 Å². The van der Waals surface area contributed by atoms with Crippen LogP contribution in [0.2, 0.25) is 0 Å². The fourth-order valence-electron chi connectivity index (χ4n) is 2.73. The van der Waals surface area contributed by atoms with Crippen LogP contribution in [0.1, 0.15) is 23.6 Å². The summed E-state index contributed by atoms with van der Waals surface area (Å²) in [4.78, 5) is 0. The summed E-state index contributed by atoms with van der Waals surface area (Å²) in [5.41, 5.74) is 2.39. The molecule has 3 aromatic rings. The first-order valence-corrected chi connectivity index (χ1v) is 9.87. The molecular weight excluding hydrogens is 373 g/mol. The highest BCUT2D eigenvalue weighted by Crippen LogP contribution is 2.30. The molecule has 4 heteroatoms. The van der Waals surface area contributed by atoms with Gasteiger partial charge in [0.25, 0.3) is 0 Å². The van der Waals surface area contributed by atoms with E-state index in [9.17, 15) is 13.2 Å². The second-order valence-corrected chi connectivity index (χ2v) is 7.73. The Morgan fingerprint density at radius 2 is 1.29 bits per heavy atom. The fraction of sp³-hybridized carbons (Fsp3) is 0.0833. The normalized spacial score (nSPS) is 12.9. The van der Waals surface area contributed by atoms with Gasteiger partial charge in [-0.3, -0.25) is 0 Å². The Labute approximate surface area is 165 Å². The summed E-state index contributed by atoms with van der Waals surface area (Å²) in [5.74, 6) is 0. The summed E-state index contributed by atoms with van der Waals surface area (Å²) in [6.07, 6.45) is -0.289. The van der Waals surface area contributed by atoms with E-state index in [2.05, 4.69) is 0 Å². The van der Waals surface area contributed by atoms with Gasteiger partial charge in [0.15, 0.2) is 0 Å². The molecule has 0 amide bonds. The van der Waals surface area contributed by atoms with Crippen LogP contribution in [0.15, 0.2) is 97.1 Å². The minimum Gasteiger partial charge on any atom is -0.166 e. The van der Waals surface area contributed by atoms with Crippen molar-refractivity contribution in [3.05, 3.63) is 114 Å². The summed E-state index contributed by atoms with van der Waals surface area (Å²) in [7, 11) is 0.349. The summed E-state index contributed by atoms with van der Waals surface area (Å²) in [5, 5.41) is 2.13. The molecule has 28 heavy (non-hydrogen) atoms. The molecule has 0 unspecified atom stereocenters. The topological polar surface area (TPSA) is 0 Å². The molecule has 0 aliphatic carbocycles. The van der Waals surface area contributed by atoms with E-state index in [-0.39, 0.29) is 0 Å². The second-order valence-electron chi connectivity index (χ2n) is 6.36. The molecule has 0 nitrogen and oxygen atoms in total. The maximum absolute atomic E-state index is 12.9. The van der Waals surface area contributed by atoms with Crippen LogP contribution in [0.3, 0.4) is 0 Å². The molecular formula is C24H19F3Si. The number of halogens is 3. The molecule has 0 aliphatic heterocycles. The van der Waals surface area contributed by atoms with Gasteiger partial charge in [0.05, 0.1) is 5.56 Å². The van der Waals surface area contributed by atoms with Crippen LogP contribution in [-0.4, -0.2) is 9.52 Å². The number of rotatable bonds is 5. The molecule has 140 valence electrons. The van der Waals surface area contributed by atoms with Crippen LogP contribution in [-0.2, 0) is 6.18 Å². The van der Waals surface area contributed by atoms with E-state index in [1.807, 2.05) is 79.7 Å². The Balaban J connectivity index is 1.95. The molecule has 0 saturated heterocycles. The second kappa shape index (κ2) is 8.89. The van der Waals surface area contributed by atoms with Crippen LogP contribution in [0.4, 0.5) is 13.2 Å². The lowest BCUT2D eigenvalue weighted by atomic mass is 10.1. The summed E-state index contributed by atoms with van der Waals surface area (Å²) in [6.45, 7) is 2.03. The van der Waals surface area contributed by atoms with Crippen LogP contribution >= 0.6 is 0 Å². The summed E-state index contributed by atoms with van der Waals surface area (Å²) < 4.78 is 38.7. The molecule has 3 aromatic carbocycles. The number of alkyl halides is 3. The first-order chi connectivity index (χ1) is 13.4.